The summed E-state index contributed by atoms with van der Waals surface area (Å²) in [6, 6.07) is -0.598. The first-order valence-corrected chi connectivity index (χ1v) is 9.58. The second-order valence-corrected chi connectivity index (χ2v) is 8.60. The number of likely N-dealkylation sites (tertiary alicyclic amines) is 1. The van der Waals surface area contributed by atoms with Gasteiger partial charge in [0.25, 0.3) is 10.2 Å². The fourth-order valence-electron chi connectivity index (χ4n) is 3.15. The van der Waals surface area contributed by atoms with Gasteiger partial charge in [-0.15, -0.1) is 0 Å². The van der Waals surface area contributed by atoms with Gasteiger partial charge in [0.15, 0.2) is 0 Å². The predicted molar refractivity (Wildman–Crippen MR) is 87.7 cm³/mol. The highest BCUT2D eigenvalue weighted by Crippen LogP contribution is 2.21. The highest BCUT2D eigenvalue weighted by Gasteiger charge is 2.35. The minimum Gasteiger partial charge on any atom is -0.481 e. The number of carbonyl (C=O) groups is 2. The maximum Gasteiger partial charge on any atom is 0.317 e. The van der Waals surface area contributed by atoms with Crippen LogP contribution in [0.3, 0.4) is 0 Å². The van der Waals surface area contributed by atoms with Crippen molar-refractivity contribution >= 4 is 22.2 Å². The van der Waals surface area contributed by atoms with Gasteiger partial charge in [0.1, 0.15) is 0 Å². The second kappa shape index (κ2) is 7.66. The third kappa shape index (κ3) is 4.17. The van der Waals surface area contributed by atoms with Gasteiger partial charge in [-0.3, -0.25) is 4.79 Å². The quantitative estimate of drug-likeness (QED) is 0.702. The Morgan fingerprint density at radius 2 is 1.92 bits per heavy atom. The summed E-state index contributed by atoms with van der Waals surface area (Å²) in [5, 5.41) is 11.8. The summed E-state index contributed by atoms with van der Waals surface area (Å²) in [5.41, 5.74) is 0. The summed E-state index contributed by atoms with van der Waals surface area (Å²) in [7, 11) is -0.520. The first-order chi connectivity index (χ1) is 11.2. The number of hydrogen-bond acceptors (Lipinski definition) is 4. The molecule has 0 spiro atoms. The lowest BCUT2D eigenvalue weighted by Gasteiger charge is -2.36. The molecule has 2 aliphatic rings. The van der Waals surface area contributed by atoms with Crippen LogP contribution >= 0.6 is 0 Å². The fraction of sp³-hybridized carbons (Fsp3) is 0.857. The van der Waals surface area contributed by atoms with Crippen molar-refractivity contribution in [1.29, 1.82) is 0 Å². The molecule has 2 aliphatic heterocycles. The Hall–Kier alpha value is -1.39. The smallest absolute Gasteiger partial charge is 0.317 e. The van der Waals surface area contributed by atoms with Crippen molar-refractivity contribution in [2.45, 2.75) is 31.7 Å². The molecular weight excluding hydrogens is 336 g/mol. The SMILES string of the molecule is CN(C)S(=O)(=O)N1CCCCC1CNC(=O)N1CCC(C(=O)O)C1. The number of carbonyl (C=O) groups excluding carboxylic acids is 1. The van der Waals surface area contributed by atoms with Crippen molar-refractivity contribution in [3.8, 4) is 0 Å². The summed E-state index contributed by atoms with van der Waals surface area (Å²) >= 11 is 0. The molecule has 2 amide bonds. The normalized spacial score (nSPS) is 25.9. The van der Waals surface area contributed by atoms with Crippen LogP contribution in [0.4, 0.5) is 4.79 Å². The van der Waals surface area contributed by atoms with Gasteiger partial charge in [0.2, 0.25) is 0 Å². The average molecular weight is 362 g/mol. The number of carboxylic acid groups (broad SMARTS) is 1. The summed E-state index contributed by atoms with van der Waals surface area (Å²) in [6.07, 6.45) is 2.88. The Kier molecular flexibility index (Phi) is 6.05. The molecule has 0 bridgehead atoms. The van der Waals surface area contributed by atoms with Gasteiger partial charge < -0.3 is 15.3 Å². The van der Waals surface area contributed by atoms with Crippen molar-refractivity contribution in [2.75, 3.05) is 40.3 Å². The molecule has 9 nitrogen and oxygen atoms in total. The zero-order valence-corrected chi connectivity index (χ0v) is 15.0. The van der Waals surface area contributed by atoms with E-state index in [0.717, 1.165) is 12.8 Å². The van der Waals surface area contributed by atoms with Gasteiger partial charge in [0.05, 0.1) is 5.92 Å². The van der Waals surface area contributed by atoms with E-state index < -0.39 is 22.1 Å². The van der Waals surface area contributed by atoms with Crippen LogP contribution in [0.2, 0.25) is 0 Å². The largest absolute Gasteiger partial charge is 0.481 e. The lowest BCUT2D eigenvalue weighted by molar-refractivity contribution is -0.141. The van der Waals surface area contributed by atoms with Gasteiger partial charge in [-0.1, -0.05) is 6.42 Å². The Morgan fingerprint density at radius 3 is 2.50 bits per heavy atom. The molecule has 2 fully saturated rings. The molecule has 2 atom stereocenters. The number of piperidine rings is 1. The summed E-state index contributed by atoms with van der Waals surface area (Å²) in [4.78, 5) is 24.6. The molecule has 24 heavy (non-hydrogen) atoms. The lowest BCUT2D eigenvalue weighted by Crippen LogP contribution is -2.53. The molecule has 2 heterocycles. The number of aliphatic carboxylic acids is 1. The molecule has 138 valence electrons. The van der Waals surface area contributed by atoms with Crippen LogP contribution in [0.15, 0.2) is 0 Å². The van der Waals surface area contributed by atoms with Crippen molar-refractivity contribution in [1.82, 2.24) is 18.8 Å². The average Bonchev–Trinajstić information content (AvgIpc) is 3.03. The molecule has 0 aromatic rings. The van der Waals surface area contributed by atoms with Crippen LogP contribution in [0, 0.1) is 5.92 Å². The van der Waals surface area contributed by atoms with Crippen LogP contribution in [-0.2, 0) is 15.0 Å². The Bertz CT molecular complexity index is 580. The van der Waals surface area contributed by atoms with E-state index in [2.05, 4.69) is 5.32 Å². The Morgan fingerprint density at radius 1 is 1.21 bits per heavy atom. The van der Waals surface area contributed by atoms with E-state index in [1.54, 1.807) is 0 Å². The molecule has 2 unspecified atom stereocenters. The van der Waals surface area contributed by atoms with E-state index in [9.17, 15) is 18.0 Å². The molecule has 0 aromatic carbocycles. The Balaban J connectivity index is 1.92. The molecule has 2 saturated heterocycles. The van der Waals surface area contributed by atoms with Crippen LogP contribution in [0.1, 0.15) is 25.7 Å². The van der Waals surface area contributed by atoms with Gasteiger partial charge >= 0.3 is 12.0 Å². The second-order valence-electron chi connectivity index (χ2n) is 6.51. The van der Waals surface area contributed by atoms with Crippen LogP contribution in [0.5, 0.6) is 0 Å². The van der Waals surface area contributed by atoms with E-state index in [0.29, 0.717) is 25.9 Å². The van der Waals surface area contributed by atoms with Gasteiger partial charge in [-0.2, -0.15) is 17.0 Å². The third-order valence-electron chi connectivity index (χ3n) is 4.64. The highest BCUT2D eigenvalue weighted by atomic mass is 32.2. The summed E-state index contributed by atoms with van der Waals surface area (Å²) in [5.74, 6) is -1.41. The number of hydrogen-bond donors (Lipinski definition) is 2. The van der Waals surface area contributed by atoms with Crippen LogP contribution in [-0.4, -0.2) is 85.4 Å². The third-order valence-corrected chi connectivity index (χ3v) is 6.64. The zero-order valence-electron chi connectivity index (χ0n) is 14.1. The van der Waals surface area contributed by atoms with Gasteiger partial charge in [-0.25, -0.2) is 4.79 Å². The minimum absolute atomic E-state index is 0.200. The topological polar surface area (TPSA) is 110 Å². The minimum atomic E-state index is -3.51. The van der Waals surface area contributed by atoms with Crippen molar-refractivity contribution < 1.29 is 23.1 Å². The first kappa shape index (κ1) is 18.9. The van der Waals surface area contributed by atoms with E-state index in [4.69, 9.17) is 5.11 Å². The zero-order chi connectivity index (χ0) is 17.9. The van der Waals surface area contributed by atoms with Crippen molar-refractivity contribution in [3.63, 3.8) is 0 Å². The molecule has 0 aliphatic carbocycles. The van der Waals surface area contributed by atoms with E-state index in [1.165, 1.54) is 27.6 Å². The summed E-state index contributed by atoms with van der Waals surface area (Å²) < 4.78 is 27.4. The number of nitrogens with one attached hydrogen (secondary N) is 1. The number of nitrogens with zero attached hydrogens (tertiary/aromatic N) is 3. The molecule has 2 N–H and O–H groups in total. The molecular formula is C14H26N4O5S. The lowest BCUT2D eigenvalue weighted by atomic mass is 10.1. The standard InChI is InChI=1S/C14H26N4O5S/c1-16(2)24(22,23)18-7-4-3-5-12(18)9-15-14(21)17-8-6-11(10-17)13(19)20/h11-12H,3-10H2,1-2H3,(H,15,21)(H,19,20). The predicted octanol–water partition coefficient (Wildman–Crippen LogP) is -0.237. The fourth-order valence-corrected chi connectivity index (χ4v) is 4.49. The van der Waals surface area contributed by atoms with Crippen molar-refractivity contribution in [3.05, 3.63) is 0 Å². The number of rotatable bonds is 5. The first-order valence-electron chi connectivity index (χ1n) is 8.18. The van der Waals surface area contributed by atoms with Gasteiger partial charge in [-0.05, 0) is 19.3 Å². The number of carboxylic acids is 1. The molecule has 0 aromatic heterocycles. The number of urea groups is 1. The monoisotopic (exact) mass is 362 g/mol. The van der Waals surface area contributed by atoms with Crippen molar-refractivity contribution in [2.24, 2.45) is 5.92 Å². The molecule has 2 rings (SSSR count). The molecule has 0 saturated carbocycles. The van der Waals surface area contributed by atoms with Crippen LogP contribution in [0.25, 0.3) is 0 Å². The molecule has 0 radical (unpaired) electrons. The van der Waals surface area contributed by atoms with E-state index in [1.807, 2.05) is 0 Å². The summed E-state index contributed by atoms with van der Waals surface area (Å²) in [6.45, 7) is 1.30. The highest BCUT2D eigenvalue weighted by molar-refractivity contribution is 7.86. The maximum atomic E-state index is 12.4. The Labute approximate surface area is 142 Å². The van der Waals surface area contributed by atoms with Crippen LogP contribution < -0.4 is 5.32 Å². The van der Waals surface area contributed by atoms with E-state index >= 15 is 0 Å². The van der Waals surface area contributed by atoms with Gasteiger partial charge in [0, 0.05) is 46.3 Å². The molecule has 10 heteroatoms. The number of amides is 2. The van der Waals surface area contributed by atoms with E-state index in [-0.39, 0.29) is 25.2 Å². The maximum absolute atomic E-state index is 12.4.